The molecule has 0 unspecified atom stereocenters. The first-order valence-corrected chi connectivity index (χ1v) is 4.48. The summed E-state index contributed by atoms with van der Waals surface area (Å²) in [5, 5.41) is 0. The maximum Gasteiger partial charge on any atom is 0.225 e. The molecule has 0 atom stereocenters. The van der Waals surface area contributed by atoms with Crippen LogP contribution in [-0.4, -0.2) is 4.98 Å². The number of benzene rings is 1. The van der Waals surface area contributed by atoms with Crippen molar-refractivity contribution in [2.75, 3.05) is 0 Å². The highest BCUT2D eigenvalue weighted by Gasteiger charge is 2.01. The van der Waals surface area contributed by atoms with Crippen LogP contribution in [0.25, 0.3) is 11.5 Å². The monoisotopic (exact) mass is 193 g/mol. The Bertz CT molecular complexity index is 384. The van der Waals surface area contributed by atoms with Crippen LogP contribution >= 0.6 is 11.6 Å². The molecule has 0 bridgehead atoms. The van der Waals surface area contributed by atoms with Gasteiger partial charge in [-0.2, -0.15) is 0 Å². The number of halogens is 1. The van der Waals surface area contributed by atoms with Crippen LogP contribution in [0.15, 0.2) is 41.1 Å². The van der Waals surface area contributed by atoms with Crippen molar-refractivity contribution in [2.45, 2.75) is 5.88 Å². The summed E-state index contributed by atoms with van der Waals surface area (Å²) >= 11 is 5.71. The van der Waals surface area contributed by atoms with Gasteiger partial charge in [-0.1, -0.05) is 12.1 Å². The van der Waals surface area contributed by atoms with Crippen molar-refractivity contribution in [3.8, 4) is 11.5 Å². The van der Waals surface area contributed by atoms with E-state index in [0.717, 1.165) is 11.1 Å². The van der Waals surface area contributed by atoms with E-state index in [9.17, 15) is 0 Å². The third kappa shape index (κ3) is 1.73. The maximum absolute atomic E-state index is 5.71. The van der Waals surface area contributed by atoms with Gasteiger partial charge < -0.3 is 4.42 Å². The van der Waals surface area contributed by atoms with Crippen LogP contribution in [0.3, 0.4) is 0 Å². The summed E-state index contributed by atoms with van der Waals surface area (Å²) in [7, 11) is 0. The zero-order valence-electron chi connectivity index (χ0n) is 6.90. The summed E-state index contributed by atoms with van der Waals surface area (Å²) in [6, 6.07) is 7.83. The SMILES string of the molecule is ClCc1cccc(-c2ncco2)c1. The summed E-state index contributed by atoms with van der Waals surface area (Å²) in [6.07, 6.45) is 3.19. The molecular formula is C10H8ClNO. The number of alkyl halides is 1. The van der Waals surface area contributed by atoms with Crippen LogP contribution in [0, 0.1) is 0 Å². The van der Waals surface area contributed by atoms with Crippen molar-refractivity contribution in [2.24, 2.45) is 0 Å². The highest BCUT2D eigenvalue weighted by atomic mass is 35.5. The van der Waals surface area contributed by atoms with Crippen LogP contribution in [0.5, 0.6) is 0 Å². The van der Waals surface area contributed by atoms with Gasteiger partial charge in [0, 0.05) is 11.4 Å². The molecule has 0 aliphatic rings. The van der Waals surface area contributed by atoms with Crippen molar-refractivity contribution in [3.63, 3.8) is 0 Å². The molecule has 3 heteroatoms. The lowest BCUT2D eigenvalue weighted by molar-refractivity contribution is 0.574. The zero-order chi connectivity index (χ0) is 9.10. The van der Waals surface area contributed by atoms with Crippen molar-refractivity contribution < 1.29 is 4.42 Å². The molecule has 0 saturated heterocycles. The summed E-state index contributed by atoms with van der Waals surface area (Å²) in [6.45, 7) is 0. The second-order valence-electron chi connectivity index (χ2n) is 2.67. The quantitative estimate of drug-likeness (QED) is 0.686. The Hall–Kier alpha value is -1.28. The average molecular weight is 194 g/mol. The molecule has 1 aromatic heterocycles. The molecule has 0 aliphatic carbocycles. The highest BCUT2D eigenvalue weighted by molar-refractivity contribution is 6.17. The number of oxazole rings is 1. The molecule has 0 saturated carbocycles. The normalized spacial score (nSPS) is 10.2. The summed E-state index contributed by atoms with van der Waals surface area (Å²) in [4.78, 5) is 4.05. The van der Waals surface area contributed by atoms with Crippen molar-refractivity contribution >= 4 is 11.6 Å². The minimum Gasteiger partial charge on any atom is -0.445 e. The number of nitrogens with zero attached hydrogens (tertiary/aromatic N) is 1. The minimum atomic E-state index is 0.508. The Labute approximate surface area is 81.2 Å². The highest BCUT2D eigenvalue weighted by Crippen LogP contribution is 2.18. The third-order valence-corrected chi connectivity index (χ3v) is 2.07. The van der Waals surface area contributed by atoms with Gasteiger partial charge in [-0.3, -0.25) is 0 Å². The Balaban J connectivity index is 2.41. The van der Waals surface area contributed by atoms with Crippen molar-refractivity contribution in [1.29, 1.82) is 0 Å². The van der Waals surface area contributed by atoms with Crippen LogP contribution in [0.2, 0.25) is 0 Å². The van der Waals surface area contributed by atoms with E-state index in [-0.39, 0.29) is 0 Å². The van der Waals surface area contributed by atoms with Crippen LogP contribution in [0.1, 0.15) is 5.56 Å². The van der Waals surface area contributed by atoms with E-state index in [1.54, 1.807) is 12.5 Å². The fourth-order valence-corrected chi connectivity index (χ4v) is 1.32. The predicted octanol–water partition coefficient (Wildman–Crippen LogP) is 3.08. The van der Waals surface area contributed by atoms with Crippen LogP contribution in [0.4, 0.5) is 0 Å². The fourth-order valence-electron chi connectivity index (χ4n) is 1.15. The van der Waals surface area contributed by atoms with Gasteiger partial charge in [0.15, 0.2) is 0 Å². The van der Waals surface area contributed by atoms with E-state index in [1.807, 2.05) is 24.3 Å². The first-order valence-electron chi connectivity index (χ1n) is 3.95. The van der Waals surface area contributed by atoms with Gasteiger partial charge in [-0.25, -0.2) is 4.98 Å². The first-order chi connectivity index (χ1) is 6.40. The summed E-state index contributed by atoms with van der Waals surface area (Å²) in [5.74, 6) is 1.14. The average Bonchev–Trinajstić information content (AvgIpc) is 2.71. The first kappa shape index (κ1) is 8.32. The Morgan fingerprint density at radius 1 is 1.38 bits per heavy atom. The lowest BCUT2D eigenvalue weighted by Gasteiger charge is -1.97. The molecule has 1 heterocycles. The molecule has 13 heavy (non-hydrogen) atoms. The molecule has 2 nitrogen and oxygen atoms in total. The fraction of sp³-hybridized carbons (Fsp3) is 0.100. The Morgan fingerprint density at radius 3 is 3.00 bits per heavy atom. The van der Waals surface area contributed by atoms with E-state index in [2.05, 4.69) is 4.98 Å². The van der Waals surface area contributed by atoms with E-state index >= 15 is 0 Å². The summed E-state index contributed by atoms with van der Waals surface area (Å²) in [5.41, 5.74) is 2.03. The molecule has 66 valence electrons. The second kappa shape index (κ2) is 3.62. The smallest absolute Gasteiger partial charge is 0.225 e. The molecule has 0 fully saturated rings. The molecule has 0 amide bonds. The lowest BCUT2D eigenvalue weighted by atomic mass is 10.1. The summed E-state index contributed by atoms with van der Waals surface area (Å²) < 4.78 is 5.16. The molecule has 1 aromatic carbocycles. The van der Waals surface area contributed by atoms with Gasteiger partial charge in [0.25, 0.3) is 0 Å². The molecule has 2 aromatic rings. The Morgan fingerprint density at radius 2 is 2.31 bits per heavy atom. The van der Waals surface area contributed by atoms with Gasteiger partial charge in [0.2, 0.25) is 5.89 Å². The zero-order valence-corrected chi connectivity index (χ0v) is 7.66. The van der Waals surface area contributed by atoms with Gasteiger partial charge in [-0.15, -0.1) is 11.6 Å². The molecule has 0 radical (unpaired) electrons. The van der Waals surface area contributed by atoms with E-state index in [1.165, 1.54) is 0 Å². The van der Waals surface area contributed by atoms with E-state index in [0.29, 0.717) is 11.8 Å². The van der Waals surface area contributed by atoms with Crippen molar-refractivity contribution in [1.82, 2.24) is 4.98 Å². The van der Waals surface area contributed by atoms with Crippen LogP contribution < -0.4 is 0 Å². The van der Waals surface area contributed by atoms with E-state index in [4.69, 9.17) is 16.0 Å². The standard InChI is InChI=1S/C10H8ClNO/c11-7-8-2-1-3-9(6-8)10-12-4-5-13-10/h1-6H,7H2. The molecular weight excluding hydrogens is 186 g/mol. The molecule has 2 rings (SSSR count). The molecule has 0 N–H and O–H groups in total. The number of rotatable bonds is 2. The van der Waals surface area contributed by atoms with Gasteiger partial charge in [0.05, 0.1) is 6.20 Å². The topological polar surface area (TPSA) is 26.0 Å². The molecule has 0 aliphatic heterocycles. The number of hydrogen-bond acceptors (Lipinski definition) is 2. The van der Waals surface area contributed by atoms with Gasteiger partial charge in [0.1, 0.15) is 6.26 Å². The minimum absolute atomic E-state index is 0.508. The maximum atomic E-state index is 5.71. The van der Waals surface area contributed by atoms with E-state index < -0.39 is 0 Å². The lowest BCUT2D eigenvalue weighted by Crippen LogP contribution is -1.80. The van der Waals surface area contributed by atoms with Crippen molar-refractivity contribution in [3.05, 3.63) is 42.3 Å². The molecule has 0 spiro atoms. The number of aromatic nitrogens is 1. The second-order valence-corrected chi connectivity index (χ2v) is 2.94. The predicted molar refractivity (Wildman–Crippen MR) is 51.5 cm³/mol. The largest absolute Gasteiger partial charge is 0.445 e. The van der Waals surface area contributed by atoms with Gasteiger partial charge >= 0.3 is 0 Å². The Kier molecular flexibility index (Phi) is 2.32. The van der Waals surface area contributed by atoms with Crippen LogP contribution in [-0.2, 0) is 5.88 Å². The number of hydrogen-bond donors (Lipinski definition) is 0. The third-order valence-electron chi connectivity index (χ3n) is 1.76. The van der Waals surface area contributed by atoms with Gasteiger partial charge in [-0.05, 0) is 17.7 Å².